The largest absolute Gasteiger partial charge is 0.463 e. The van der Waals surface area contributed by atoms with Gasteiger partial charge in [0.1, 0.15) is 0 Å². The van der Waals surface area contributed by atoms with E-state index in [9.17, 15) is 4.79 Å². The summed E-state index contributed by atoms with van der Waals surface area (Å²) in [5.41, 5.74) is 1.19. The van der Waals surface area contributed by atoms with Crippen molar-refractivity contribution in [2.24, 2.45) is 12.5 Å². The Bertz CT molecular complexity index is 719. The second-order valence-electron chi connectivity index (χ2n) is 7.38. The van der Waals surface area contributed by atoms with E-state index in [-0.39, 0.29) is 17.5 Å². The van der Waals surface area contributed by atoms with Crippen LogP contribution in [-0.2, 0) is 16.6 Å². The Balaban J connectivity index is 1.87. The summed E-state index contributed by atoms with van der Waals surface area (Å²) < 4.78 is 8.30. The van der Waals surface area contributed by atoms with Crippen LogP contribution in [0.1, 0.15) is 40.5 Å². The molecule has 1 N–H and O–H groups in total. The highest BCUT2D eigenvalue weighted by atomic mass is 79.9. The van der Waals surface area contributed by atoms with Crippen LogP contribution in [0.25, 0.3) is 10.9 Å². The van der Waals surface area contributed by atoms with Crippen LogP contribution in [0.2, 0.25) is 0 Å². The van der Waals surface area contributed by atoms with Gasteiger partial charge in [-0.25, -0.2) is 0 Å². The molecule has 0 fully saturated rings. The van der Waals surface area contributed by atoms with Gasteiger partial charge < -0.3 is 10.1 Å². The lowest BCUT2D eigenvalue weighted by molar-refractivity contribution is -0.149. The van der Waals surface area contributed by atoms with Gasteiger partial charge >= 0.3 is 5.97 Å². The highest BCUT2D eigenvalue weighted by Gasteiger charge is 2.18. The summed E-state index contributed by atoms with van der Waals surface area (Å²) >= 11 is 3.47. The lowest BCUT2D eigenvalue weighted by atomic mass is 9.90. The van der Waals surface area contributed by atoms with Crippen LogP contribution in [0.3, 0.4) is 0 Å². The van der Waals surface area contributed by atoms with Gasteiger partial charge in [0.2, 0.25) is 0 Å². The number of carbonyl (C=O) groups excluding carboxylic acids is 1. The summed E-state index contributed by atoms with van der Waals surface area (Å²) in [6.45, 7) is 8.88. The number of hydrogen-bond donors (Lipinski definition) is 1. The number of fused-ring (bicyclic) bond motifs is 1. The molecular formula is C18H26BrN3O2. The molecule has 0 saturated carbocycles. The maximum Gasteiger partial charge on any atom is 0.307 e. The maximum absolute atomic E-state index is 11.9. The Labute approximate surface area is 151 Å². The van der Waals surface area contributed by atoms with E-state index in [2.05, 4.69) is 47.1 Å². The standard InChI is InChI=1S/C18H26BrN3O2/c1-12(11-18(2,3)4)24-16(23)8-9-20-17-14-7-6-13(19)10-15(14)22(5)21-17/h6-7,10,12H,8-9,11H2,1-5H3,(H,20,21). The van der Waals surface area contributed by atoms with Gasteiger partial charge in [-0.1, -0.05) is 36.7 Å². The number of hydrogen-bond acceptors (Lipinski definition) is 4. The Morgan fingerprint density at radius 3 is 2.79 bits per heavy atom. The molecule has 6 heteroatoms. The molecule has 0 aliphatic heterocycles. The van der Waals surface area contributed by atoms with Crippen molar-refractivity contribution in [2.45, 2.75) is 46.6 Å². The monoisotopic (exact) mass is 395 g/mol. The summed E-state index contributed by atoms with van der Waals surface area (Å²) in [5, 5.41) is 8.74. The van der Waals surface area contributed by atoms with Crippen molar-refractivity contribution in [2.75, 3.05) is 11.9 Å². The van der Waals surface area contributed by atoms with Gasteiger partial charge in [0.05, 0.1) is 18.0 Å². The number of benzene rings is 1. The Kier molecular flexibility index (Phi) is 5.91. The van der Waals surface area contributed by atoms with Crippen LogP contribution in [0.15, 0.2) is 22.7 Å². The quantitative estimate of drug-likeness (QED) is 0.731. The van der Waals surface area contributed by atoms with E-state index in [0.717, 1.165) is 27.6 Å². The first-order valence-corrected chi connectivity index (χ1v) is 9.00. The molecule has 0 aliphatic carbocycles. The first-order valence-electron chi connectivity index (χ1n) is 8.21. The molecular weight excluding hydrogens is 370 g/mol. The first-order chi connectivity index (χ1) is 11.2. The molecule has 0 aliphatic rings. The summed E-state index contributed by atoms with van der Waals surface area (Å²) in [6.07, 6.45) is 1.11. The van der Waals surface area contributed by atoms with Gasteiger partial charge in [-0.05, 0) is 37.0 Å². The molecule has 0 bridgehead atoms. The van der Waals surface area contributed by atoms with Gasteiger partial charge in [0.25, 0.3) is 0 Å². The number of esters is 1. The fraction of sp³-hybridized carbons (Fsp3) is 0.556. The fourth-order valence-electron chi connectivity index (χ4n) is 2.83. The predicted octanol–water partition coefficient (Wildman–Crippen LogP) is 4.51. The van der Waals surface area contributed by atoms with Gasteiger partial charge in [-0.2, -0.15) is 5.10 Å². The average Bonchev–Trinajstić information content (AvgIpc) is 2.73. The molecule has 1 unspecified atom stereocenters. The van der Waals surface area contributed by atoms with Crippen molar-refractivity contribution in [3.8, 4) is 0 Å². The number of halogens is 1. The molecule has 0 amide bonds. The molecule has 1 heterocycles. The number of carbonyl (C=O) groups is 1. The molecule has 1 atom stereocenters. The average molecular weight is 396 g/mol. The molecule has 0 radical (unpaired) electrons. The number of aromatic nitrogens is 2. The number of nitrogens with zero attached hydrogens (tertiary/aromatic N) is 2. The van der Waals surface area contributed by atoms with Crippen molar-refractivity contribution in [1.82, 2.24) is 9.78 Å². The minimum absolute atomic E-state index is 0.0643. The zero-order chi connectivity index (χ0) is 17.9. The van der Waals surface area contributed by atoms with Crippen LogP contribution in [0.4, 0.5) is 5.82 Å². The number of aryl methyl sites for hydroxylation is 1. The Hall–Kier alpha value is -1.56. The van der Waals surface area contributed by atoms with Crippen molar-refractivity contribution in [3.63, 3.8) is 0 Å². The zero-order valence-corrected chi connectivity index (χ0v) is 16.6. The predicted molar refractivity (Wildman–Crippen MR) is 101 cm³/mol. The third kappa shape index (κ3) is 5.23. The lowest BCUT2D eigenvalue weighted by Crippen LogP contribution is -2.22. The van der Waals surface area contributed by atoms with Gasteiger partial charge in [-0.3, -0.25) is 9.48 Å². The van der Waals surface area contributed by atoms with Crippen molar-refractivity contribution in [3.05, 3.63) is 22.7 Å². The smallest absolute Gasteiger partial charge is 0.307 e. The van der Waals surface area contributed by atoms with Crippen LogP contribution < -0.4 is 5.32 Å². The molecule has 0 saturated heterocycles. The van der Waals surface area contributed by atoms with Crippen LogP contribution >= 0.6 is 15.9 Å². The second kappa shape index (κ2) is 7.55. The van der Waals surface area contributed by atoms with E-state index in [4.69, 9.17) is 4.74 Å². The van der Waals surface area contributed by atoms with E-state index in [1.807, 2.05) is 36.9 Å². The molecule has 5 nitrogen and oxygen atoms in total. The number of anilines is 1. The van der Waals surface area contributed by atoms with Crippen molar-refractivity contribution < 1.29 is 9.53 Å². The van der Waals surface area contributed by atoms with Gasteiger partial charge in [-0.15, -0.1) is 0 Å². The van der Waals surface area contributed by atoms with Gasteiger partial charge in [0.15, 0.2) is 5.82 Å². The third-order valence-electron chi connectivity index (χ3n) is 3.67. The molecule has 1 aromatic carbocycles. The summed E-state index contributed by atoms with van der Waals surface area (Å²) in [6, 6.07) is 6.02. The molecule has 2 aromatic rings. The highest BCUT2D eigenvalue weighted by Crippen LogP contribution is 2.25. The van der Waals surface area contributed by atoms with Crippen molar-refractivity contribution in [1.29, 1.82) is 0 Å². The van der Waals surface area contributed by atoms with E-state index in [1.54, 1.807) is 0 Å². The third-order valence-corrected chi connectivity index (χ3v) is 4.16. The topological polar surface area (TPSA) is 56.1 Å². The maximum atomic E-state index is 11.9. The number of nitrogens with one attached hydrogen (secondary N) is 1. The van der Waals surface area contributed by atoms with Crippen LogP contribution in [0, 0.1) is 5.41 Å². The normalized spacial score (nSPS) is 13.1. The highest BCUT2D eigenvalue weighted by molar-refractivity contribution is 9.10. The first kappa shape index (κ1) is 18.8. The van der Waals surface area contributed by atoms with Crippen molar-refractivity contribution >= 4 is 38.6 Å². The number of ether oxygens (including phenoxy) is 1. The zero-order valence-electron chi connectivity index (χ0n) is 15.0. The van der Waals surface area contributed by atoms with Crippen LogP contribution in [0.5, 0.6) is 0 Å². The summed E-state index contributed by atoms with van der Waals surface area (Å²) in [5.74, 6) is 0.609. The molecule has 132 valence electrons. The van der Waals surface area contributed by atoms with E-state index in [1.165, 1.54) is 0 Å². The Morgan fingerprint density at radius 2 is 2.12 bits per heavy atom. The van der Waals surface area contributed by atoms with Crippen LogP contribution in [-0.4, -0.2) is 28.4 Å². The van der Waals surface area contributed by atoms with Gasteiger partial charge in [0, 0.05) is 23.5 Å². The van der Waals surface area contributed by atoms with E-state index >= 15 is 0 Å². The minimum atomic E-state index is -0.178. The minimum Gasteiger partial charge on any atom is -0.463 e. The van der Waals surface area contributed by atoms with E-state index < -0.39 is 0 Å². The number of rotatable bonds is 6. The Morgan fingerprint density at radius 1 is 1.42 bits per heavy atom. The summed E-state index contributed by atoms with van der Waals surface area (Å²) in [7, 11) is 1.91. The molecule has 0 spiro atoms. The molecule has 1 aromatic heterocycles. The fourth-order valence-corrected chi connectivity index (χ4v) is 3.18. The molecule has 24 heavy (non-hydrogen) atoms. The SMILES string of the molecule is CC(CC(C)(C)C)OC(=O)CCNc1nn(C)c2cc(Br)ccc12. The molecule has 2 rings (SSSR count). The lowest BCUT2D eigenvalue weighted by Gasteiger charge is -2.23. The van der Waals surface area contributed by atoms with E-state index in [0.29, 0.717) is 13.0 Å². The summed E-state index contributed by atoms with van der Waals surface area (Å²) in [4.78, 5) is 11.9. The second-order valence-corrected chi connectivity index (χ2v) is 8.29.